The summed E-state index contributed by atoms with van der Waals surface area (Å²) in [6.45, 7) is 1.99. The number of carbonyl (C=O) groups excluding carboxylic acids is 1. The Hall–Kier alpha value is -1.20. The molecule has 1 atom stereocenters. The maximum absolute atomic E-state index is 13.7. The van der Waals surface area contributed by atoms with E-state index >= 15 is 0 Å². The Morgan fingerprint density at radius 1 is 1.38 bits per heavy atom. The van der Waals surface area contributed by atoms with Crippen LogP contribution in [0.25, 0.3) is 0 Å². The minimum absolute atomic E-state index is 0. The van der Waals surface area contributed by atoms with Crippen molar-refractivity contribution in [2.75, 3.05) is 6.54 Å². The molecule has 2 rings (SSSR count). The fraction of sp³-hybridized carbons (Fsp3) is 0.533. The van der Waals surface area contributed by atoms with E-state index in [1.54, 1.807) is 6.92 Å². The van der Waals surface area contributed by atoms with Crippen LogP contribution in [0.2, 0.25) is 0 Å². The Kier molecular flexibility index (Phi) is 6.10. The van der Waals surface area contributed by atoms with Gasteiger partial charge in [0.2, 0.25) is 5.91 Å². The maximum Gasteiger partial charge on any atom is 0.227 e. The van der Waals surface area contributed by atoms with E-state index in [1.807, 2.05) is 0 Å². The number of hydrogen-bond donors (Lipinski definition) is 2. The molecule has 0 heterocycles. The molecule has 1 aromatic carbocycles. The summed E-state index contributed by atoms with van der Waals surface area (Å²) in [7, 11) is 0. The lowest BCUT2D eigenvalue weighted by atomic mass is 9.85. The average molecular weight is 319 g/mol. The van der Waals surface area contributed by atoms with Crippen LogP contribution in [-0.4, -0.2) is 12.5 Å². The van der Waals surface area contributed by atoms with Crippen LogP contribution in [0.5, 0.6) is 0 Å². The molecule has 118 valence electrons. The summed E-state index contributed by atoms with van der Waals surface area (Å²) in [6, 6.07) is 2.87. The lowest BCUT2D eigenvalue weighted by Crippen LogP contribution is -2.45. The van der Waals surface area contributed by atoms with E-state index in [0.29, 0.717) is 6.54 Å². The van der Waals surface area contributed by atoms with Gasteiger partial charge in [-0.05, 0) is 25.8 Å². The molecule has 0 radical (unpaired) electrons. The van der Waals surface area contributed by atoms with Gasteiger partial charge in [0, 0.05) is 18.2 Å². The van der Waals surface area contributed by atoms with Gasteiger partial charge in [0.1, 0.15) is 11.6 Å². The van der Waals surface area contributed by atoms with Gasteiger partial charge in [-0.2, -0.15) is 0 Å². The number of nitrogens with one attached hydrogen (secondary N) is 1. The fourth-order valence-corrected chi connectivity index (χ4v) is 2.86. The summed E-state index contributed by atoms with van der Waals surface area (Å²) in [5.41, 5.74) is 5.51. The normalized spacial score (nSPS) is 17.9. The first-order valence-corrected chi connectivity index (χ1v) is 6.94. The third-order valence-electron chi connectivity index (χ3n) is 4.21. The molecular weight excluding hydrogens is 298 g/mol. The standard InChI is InChI=1S/C15H20F2N2O.ClH/c1-10(12-5-4-11(16)8-13(12)17)19-14(20)15(9-18)6-2-3-7-15;/h4-5,8,10H,2-3,6-7,9,18H2,1H3,(H,19,20);1H. The Labute approximate surface area is 129 Å². The second-order valence-corrected chi connectivity index (χ2v) is 5.55. The third-order valence-corrected chi connectivity index (χ3v) is 4.21. The Balaban J connectivity index is 0.00000220. The zero-order valence-corrected chi connectivity index (χ0v) is 12.8. The van der Waals surface area contributed by atoms with Gasteiger partial charge in [-0.15, -0.1) is 12.4 Å². The molecule has 6 heteroatoms. The van der Waals surface area contributed by atoms with Gasteiger partial charge in [-0.3, -0.25) is 4.79 Å². The maximum atomic E-state index is 13.7. The highest BCUT2D eigenvalue weighted by molar-refractivity contribution is 5.85. The highest BCUT2D eigenvalue weighted by Gasteiger charge is 2.40. The van der Waals surface area contributed by atoms with Crippen molar-refractivity contribution in [1.29, 1.82) is 0 Å². The van der Waals surface area contributed by atoms with E-state index in [2.05, 4.69) is 5.32 Å². The number of nitrogens with two attached hydrogens (primary N) is 1. The molecule has 21 heavy (non-hydrogen) atoms. The Morgan fingerprint density at radius 3 is 2.52 bits per heavy atom. The van der Waals surface area contributed by atoms with Crippen LogP contribution < -0.4 is 11.1 Å². The van der Waals surface area contributed by atoms with Crippen LogP contribution >= 0.6 is 12.4 Å². The average Bonchev–Trinajstić information content (AvgIpc) is 2.88. The molecule has 1 aliphatic carbocycles. The molecule has 0 saturated heterocycles. The van der Waals surface area contributed by atoms with Crippen molar-refractivity contribution in [3.63, 3.8) is 0 Å². The van der Waals surface area contributed by atoms with Crippen molar-refractivity contribution in [1.82, 2.24) is 5.32 Å². The molecule has 0 aromatic heterocycles. The molecule has 0 aliphatic heterocycles. The van der Waals surface area contributed by atoms with Gasteiger partial charge in [-0.1, -0.05) is 18.9 Å². The number of hydrogen-bond acceptors (Lipinski definition) is 2. The largest absolute Gasteiger partial charge is 0.349 e. The third kappa shape index (κ3) is 3.71. The molecule has 1 fully saturated rings. The van der Waals surface area contributed by atoms with Crippen LogP contribution in [0.3, 0.4) is 0 Å². The Bertz CT molecular complexity index is 504. The number of rotatable bonds is 4. The van der Waals surface area contributed by atoms with E-state index in [1.165, 1.54) is 12.1 Å². The molecule has 3 N–H and O–H groups in total. The first-order chi connectivity index (χ1) is 9.48. The number of halogens is 3. The van der Waals surface area contributed by atoms with Crippen molar-refractivity contribution in [3.8, 4) is 0 Å². The molecule has 0 spiro atoms. The lowest BCUT2D eigenvalue weighted by Gasteiger charge is -2.28. The van der Waals surface area contributed by atoms with E-state index in [-0.39, 0.29) is 23.9 Å². The van der Waals surface area contributed by atoms with Crippen LogP contribution in [0.4, 0.5) is 8.78 Å². The molecule has 1 amide bonds. The smallest absolute Gasteiger partial charge is 0.227 e. The number of carbonyl (C=O) groups is 1. The first kappa shape index (κ1) is 17.9. The fourth-order valence-electron chi connectivity index (χ4n) is 2.86. The van der Waals surface area contributed by atoms with Crippen molar-refractivity contribution in [3.05, 3.63) is 35.4 Å². The summed E-state index contributed by atoms with van der Waals surface area (Å²) in [6.07, 6.45) is 3.52. The minimum atomic E-state index is -0.647. The number of amides is 1. The van der Waals surface area contributed by atoms with Gasteiger partial charge in [0.05, 0.1) is 11.5 Å². The topological polar surface area (TPSA) is 55.1 Å². The van der Waals surface area contributed by atoms with Crippen LogP contribution in [0.15, 0.2) is 18.2 Å². The molecule has 1 unspecified atom stereocenters. The second-order valence-electron chi connectivity index (χ2n) is 5.55. The van der Waals surface area contributed by atoms with Gasteiger partial charge in [0.15, 0.2) is 0 Å². The van der Waals surface area contributed by atoms with E-state index in [9.17, 15) is 13.6 Å². The predicted octanol–water partition coefficient (Wildman–Crippen LogP) is 3.08. The SMILES string of the molecule is CC(NC(=O)C1(CN)CCCC1)c1ccc(F)cc1F.Cl. The molecule has 1 saturated carbocycles. The molecule has 1 aliphatic rings. The Morgan fingerprint density at radius 2 is 2.00 bits per heavy atom. The van der Waals surface area contributed by atoms with Gasteiger partial charge in [0.25, 0.3) is 0 Å². The zero-order valence-electron chi connectivity index (χ0n) is 12.0. The van der Waals surface area contributed by atoms with Gasteiger partial charge < -0.3 is 11.1 Å². The van der Waals surface area contributed by atoms with Crippen molar-refractivity contribution < 1.29 is 13.6 Å². The van der Waals surface area contributed by atoms with Crippen molar-refractivity contribution >= 4 is 18.3 Å². The van der Waals surface area contributed by atoms with E-state index < -0.39 is 23.1 Å². The summed E-state index contributed by atoms with van der Waals surface area (Å²) < 4.78 is 26.6. The minimum Gasteiger partial charge on any atom is -0.349 e. The van der Waals surface area contributed by atoms with E-state index in [4.69, 9.17) is 5.73 Å². The lowest BCUT2D eigenvalue weighted by molar-refractivity contribution is -0.131. The summed E-state index contributed by atoms with van der Waals surface area (Å²) in [5.74, 6) is -1.40. The molecule has 3 nitrogen and oxygen atoms in total. The quantitative estimate of drug-likeness (QED) is 0.896. The zero-order chi connectivity index (χ0) is 14.8. The monoisotopic (exact) mass is 318 g/mol. The highest BCUT2D eigenvalue weighted by atomic mass is 35.5. The predicted molar refractivity (Wildman–Crippen MR) is 80.1 cm³/mol. The molecule has 0 bridgehead atoms. The van der Waals surface area contributed by atoms with Crippen LogP contribution in [0.1, 0.15) is 44.2 Å². The first-order valence-electron chi connectivity index (χ1n) is 6.94. The summed E-state index contributed by atoms with van der Waals surface area (Å²) >= 11 is 0. The van der Waals surface area contributed by atoms with Crippen molar-refractivity contribution in [2.45, 2.75) is 38.6 Å². The second kappa shape index (κ2) is 7.18. The van der Waals surface area contributed by atoms with Crippen LogP contribution in [0, 0.1) is 17.0 Å². The number of benzene rings is 1. The van der Waals surface area contributed by atoms with Crippen molar-refractivity contribution in [2.24, 2.45) is 11.1 Å². The van der Waals surface area contributed by atoms with E-state index in [0.717, 1.165) is 31.7 Å². The van der Waals surface area contributed by atoms with Gasteiger partial charge >= 0.3 is 0 Å². The highest BCUT2D eigenvalue weighted by Crippen LogP contribution is 2.37. The van der Waals surface area contributed by atoms with Gasteiger partial charge in [-0.25, -0.2) is 8.78 Å². The molecule has 1 aromatic rings. The molecular formula is C15H21ClF2N2O. The van der Waals surface area contributed by atoms with Crippen LogP contribution in [-0.2, 0) is 4.79 Å². The summed E-state index contributed by atoms with van der Waals surface area (Å²) in [5, 5.41) is 2.81. The summed E-state index contributed by atoms with van der Waals surface area (Å²) in [4.78, 5) is 12.4.